The molecule has 0 bridgehead atoms. The average Bonchev–Trinajstić information content (AvgIpc) is 2.68. The Labute approximate surface area is 150 Å². The number of hydrogen-bond acceptors (Lipinski definition) is 8. The largest absolute Gasteiger partial charge is 0.394 e. The Morgan fingerprint density at radius 2 is 1.42 bits per heavy atom. The first-order valence-electron chi connectivity index (χ1n) is 8.22. The molecule has 0 aliphatic carbocycles. The smallest absolute Gasteiger partial charge is 0.157 e. The van der Waals surface area contributed by atoms with Gasteiger partial charge in [-0.3, -0.25) is 0 Å². The van der Waals surface area contributed by atoms with Gasteiger partial charge < -0.3 is 30.5 Å². The van der Waals surface area contributed by atoms with Crippen LogP contribution in [0, 0.1) is 0 Å². The van der Waals surface area contributed by atoms with Crippen LogP contribution >= 0.6 is 0 Å². The third-order valence-corrected chi connectivity index (χ3v) is 4.11. The first-order valence-corrected chi connectivity index (χ1v) is 8.22. The fourth-order valence-corrected chi connectivity index (χ4v) is 2.62. The summed E-state index contributed by atoms with van der Waals surface area (Å²) in [5.41, 5.74) is 2.01. The average molecular weight is 359 g/mol. The molecular formula is C18H21N3O5. The second-order valence-electron chi connectivity index (χ2n) is 5.98. The molecule has 5 N–H and O–H groups in total. The summed E-state index contributed by atoms with van der Waals surface area (Å²) < 4.78 is 5.41. The molecule has 2 aromatic rings. The molecular weight excluding hydrogens is 338 g/mol. The number of nitrogens with one attached hydrogen (secondary N) is 1. The molecule has 0 radical (unpaired) electrons. The van der Waals surface area contributed by atoms with Gasteiger partial charge in [-0.1, -0.05) is 18.2 Å². The number of nitrogens with zero attached hydrogens (tertiary/aromatic N) is 2. The number of aliphatic hydroxyl groups is 4. The summed E-state index contributed by atoms with van der Waals surface area (Å²) in [4.78, 5) is 0. The summed E-state index contributed by atoms with van der Waals surface area (Å²) in [7, 11) is 0. The molecule has 1 aliphatic rings. The van der Waals surface area contributed by atoms with Gasteiger partial charge in [-0.25, -0.2) is 0 Å². The topological polar surface area (TPSA) is 127 Å². The molecule has 1 fully saturated rings. The molecule has 138 valence electrons. The summed E-state index contributed by atoms with van der Waals surface area (Å²) in [6.07, 6.45) is -6.07. The van der Waals surface area contributed by atoms with Crippen LogP contribution in [-0.2, 0) is 4.74 Å². The van der Waals surface area contributed by atoms with E-state index in [2.05, 4.69) is 15.5 Å². The van der Waals surface area contributed by atoms with Crippen molar-refractivity contribution in [2.45, 2.75) is 30.6 Å². The summed E-state index contributed by atoms with van der Waals surface area (Å²) in [6, 6.07) is 16.3. The number of ether oxygens (including phenoxy) is 1. The van der Waals surface area contributed by atoms with Gasteiger partial charge >= 0.3 is 0 Å². The van der Waals surface area contributed by atoms with Gasteiger partial charge in [-0.2, -0.15) is 10.2 Å². The standard InChI is InChI=1S/C18H21N3O5/c22-10-14-15(23)16(24)17(25)18(26-14)19-11-6-8-13(9-7-11)21-20-12-4-2-1-3-5-12/h1-9,14-19,22-25H,10H2/t14-,15-,16+,17+,18?/m1/s1. The van der Waals surface area contributed by atoms with E-state index in [1.807, 2.05) is 30.3 Å². The highest BCUT2D eigenvalue weighted by Crippen LogP contribution is 2.25. The Bertz CT molecular complexity index is 723. The number of hydrogen-bond donors (Lipinski definition) is 5. The number of aliphatic hydroxyl groups excluding tert-OH is 4. The molecule has 1 saturated heterocycles. The Morgan fingerprint density at radius 1 is 0.808 bits per heavy atom. The van der Waals surface area contributed by atoms with Crippen LogP contribution in [0.1, 0.15) is 0 Å². The van der Waals surface area contributed by atoms with Gasteiger partial charge in [0.05, 0.1) is 18.0 Å². The molecule has 2 aromatic carbocycles. The Morgan fingerprint density at radius 3 is 2.04 bits per heavy atom. The van der Waals surface area contributed by atoms with Crippen LogP contribution in [-0.4, -0.2) is 57.7 Å². The number of anilines is 1. The summed E-state index contributed by atoms with van der Waals surface area (Å²) in [6.45, 7) is -0.470. The van der Waals surface area contributed by atoms with Crippen molar-refractivity contribution in [3.05, 3.63) is 54.6 Å². The van der Waals surface area contributed by atoms with E-state index in [1.54, 1.807) is 24.3 Å². The van der Waals surface area contributed by atoms with Crippen molar-refractivity contribution in [3.8, 4) is 0 Å². The van der Waals surface area contributed by atoms with Gasteiger partial charge in [-0.05, 0) is 36.4 Å². The molecule has 26 heavy (non-hydrogen) atoms. The van der Waals surface area contributed by atoms with Gasteiger partial charge in [0.25, 0.3) is 0 Å². The summed E-state index contributed by atoms with van der Waals surface area (Å²) >= 11 is 0. The van der Waals surface area contributed by atoms with Crippen molar-refractivity contribution in [2.75, 3.05) is 11.9 Å². The lowest BCUT2D eigenvalue weighted by Gasteiger charge is -2.40. The Hall–Kier alpha value is -2.36. The Kier molecular flexibility index (Phi) is 5.92. The second kappa shape index (κ2) is 8.35. The van der Waals surface area contributed by atoms with Crippen LogP contribution < -0.4 is 5.32 Å². The predicted molar refractivity (Wildman–Crippen MR) is 94.4 cm³/mol. The summed E-state index contributed by atoms with van der Waals surface area (Å²) in [5.74, 6) is 0. The van der Waals surface area contributed by atoms with Crippen LogP contribution in [0.4, 0.5) is 17.1 Å². The van der Waals surface area contributed by atoms with Gasteiger partial charge in [0.1, 0.15) is 24.4 Å². The molecule has 5 atom stereocenters. The van der Waals surface area contributed by atoms with E-state index >= 15 is 0 Å². The zero-order valence-corrected chi connectivity index (χ0v) is 13.9. The highest BCUT2D eigenvalue weighted by atomic mass is 16.6. The van der Waals surface area contributed by atoms with Crippen LogP contribution in [0.15, 0.2) is 64.8 Å². The zero-order chi connectivity index (χ0) is 18.5. The highest BCUT2D eigenvalue weighted by Gasteiger charge is 2.43. The third kappa shape index (κ3) is 4.24. The fraction of sp³-hybridized carbons (Fsp3) is 0.333. The molecule has 1 aliphatic heterocycles. The van der Waals surface area contributed by atoms with E-state index < -0.39 is 37.3 Å². The SMILES string of the molecule is OC[C@H]1OC(Nc2ccc(N=Nc3ccccc3)cc2)[C@@H](O)[C@@H](O)[C@@H]1O. The Balaban J connectivity index is 1.64. The van der Waals surface area contributed by atoms with E-state index in [9.17, 15) is 20.4 Å². The molecule has 0 spiro atoms. The minimum absolute atomic E-state index is 0.470. The molecule has 1 unspecified atom stereocenters. The van der Waals surface area contributed by atoms with E-state index in [1.165, 1.54) is 0 Å². The lowest BCUT2D eigenvalue weighted by atomic mass is 9.98. The van der Waals surface area contributed by atoms with E-state index in [4.69, 9.17) is 4.74 Å². The van der Waals surface area contributed by atoms with Gasteiger partial charge in [0.2, 0.25) is 0 Å². The fourth-order valence-electron chi connectivity index (χ4n) is 2.62. The quantitative estimate of drug-likeness (QED) is 0.512. The van der Waals surface area contributed by atoms with Crippen molar-refractivity contribution in [3.63, 3.8) is 0 Å². The molecule has 0 amide bonds. The van der Waals surface area contributed by atoms with Crippen molar-refractivity contribution in [2.24, 2.45) is 10.2 Å². The lowest BCUT2D eigenvalue weighted by Crippen LogP contribution is -2.60. The first-order chi connectivity index (χ1) is 12.6. The molecule has 3 rings (SSSR count). The van der Waals surface area contributed by atoms with Crippen LogP contribution in [0.5, 0.6) is 0 Å². The molecule has 8 heteroatoms. The molecule has 0 saturated carbocycles. The maximum Gasteiger partial charge on any atom is 0.157 e. The van der Waals surface area contributed by atoms with Crippen LogP contribution in [0.25, 0.3) is 0 Å². The number of rotatable bonds is 5. The molecule has 1 heterocycles. The monoisotopic (exact) mass is 359 g/mol. The minimum atomic E-state index is -1.42. The highest BCUT2D eigenvalue weighted by molar-refractivity contribution is 5.51. The molecule has 0 aromatic heterocycles. The van der Waals surface area contributed by atoms with Gasteiger partial charge in [0, 0.05) is 5.69 Å². The predicted octanol–water partition coefficient (Wildman–Crippen LogP) is 1.31. The maximum atomic E-state index is 10.0. The van der Waals surface area contributed by atoms with Crippen LogP contribution in [0.3, 0.4) is 0 Å². The van der Waals surface area contributed by atoms with Crippen molar-refractivity contribution < 1.29 is 25.2 Å². The third-order valence-electron chi connectivity index (χ3n) is 4.11. The lowest BCUT2D eigenvalue weighted by molar-refractivity contribution is -0.221. The van der Waals surface area contributed by atoms with Gasteiger partial charge in [0.15, 0.2) is 6.23 Å². The number of benzene rings is 2. The van der Waals surface area contributed by atoms with E-state index in [0.717, 1.165) is 5.69 Å². The summed E-state index contributed by atoms with van der Waals surface area (Å²) in [5, 5.41) is 50.0. The minimum Gasteiger partial charge on any atom is -0.394 e. The first kappa shape index (κ1) is 18.4. The van der Waals surface area contributed by atoms with E-state index in [0.29, 0.717) is 11.4 Å². The number of azo groups is 1. The van der Waals surface area contributed by atoms with Crippen molar-refractivity contribution >= 4 is 17.1 Å². The zero-order valence-electron chi connectivity index (χ0n) is 13.9. The van der Waals surface area contributed by atoms with Crippen LogP contribution in [0.2, 0.25) is 0 Å². The van der Waals surface area contributed by atoms with Gasteiger partial charge in [-0.15, -0.1) is 0 Å². The normalized spacial score (nSPS) is 29.0. The second-order valence-corrected chi connectivity index (χ2v) is 5.98. The van der Waals surface area contributed by atoms with E-state index in [-0.39, 0.29) is 0 Å². The van der Waals surface area contributed by atoms with Crippen molar-refractivity contribution in [1.82, 2.24) is 0 Å². The van der Waals surface area contributed by atoms with Crippen molar-refractivity contribution in [1.29, 1.82) is 0 Å². The molecule has 8 nitrogen and oxygen atoms in total. The maximum absolute atomic E-state index is 10.0.